The third-order valence-electron chi connectivity index (χ3n) is 4.22. The van der Waals surface area contributed by atoms with Crippen LogP contribution in [0.5, 0.6) is 0 Å². The van der Waals surface area contributed by atoms with Crippen molar-refractivity contribution in [3.63, 3.8) is 0 Å². The van der Waals surface area contributed by atoms with E-state index >= 15 is 0 Å². The molecule has 0 amide bonds. The van der Waals surface area contributed by atoms with Crippen molar-refractivity contribution in [3.8, 4) is 0 Å². The summed E-state index contributed by atoms with van der Waals surface area (Å²) in [6.07, 6.45) is 5.20. The smallest absolute Gasteiger partial charge is 0.0110 e. The molecule has 2 aliphatic rings. The molecule has 4 atom stereocenters. The van der Waals surface area contributed by atoms with Crippen molar-refractivity contribution in [1.82, 2.24) is 4.90 Å². The standard InChI is InChI=1S/C12H24N2/c1-9-7-14(8-10(9)2)12-5-3-4-11(13)6-12/h9-12H,3-8,13H2,1-2H3. The first-order chi connectivity index (χ1) is 6.66. The minimum Gasteiger partial charge on any atom is -0.328 e. The topological polar surface area (TPSA) is 29.3 Å². The Morgan fingerprint density at radius 3 is 2.29 bits per heavy atom. The van der Waals surface area contributed by atoms with Gasteiger partial charge in [-0.05, 0) is 31.1 Å². The zero-order chi connectivity index (χ0) is 10.1. The van der Waals surface area contributed by atoms with Crippen LogP contribution in [0.1, 0.15) is 39.5 Å². The molecule has 2 fully saturated rings. The average Bonchev–Trinajstić information content (AvgIpc) is 2.47. The van der Waals surface area contributed by atoms with Crippen LogP contribution in [0, 0.1) is 11.8 Å². The summed E-state index contributed by atoms with van der Waals surface area (Å²) < 4.78 is 0. The molecule has 0 bridgehead atoms. The SMILES string of the molecule is CC1CN(C2CCCC(N)C2)CC1C. The van der Waals surface area contributed by atoms with Crippen LogP contribution < -0.4 is 5.73 Å². The van der Waals surface area contributed by atoms with E-state index in [1.807, 2.05) is 0 Å². The fourth-order valence-electron chi connectivity index (χ4n) is 3.00. The molecule has 0 aromatic carbocycles. The molecule has 1 saturated carbocycles. The van der Waals surface area contributed by atoms with E-state index in [1.165, 1.54) is 38.8 Å². The number of nitrogens with two attached hydrogens (primary N) is 1. The van der Waals surface area contributed by atoms with Crippen LogP contribution in [0.25, 0.3) is 0 Å². The highest BCUT2D eigenvalue weighted by atomic mass is 15.2. The van der Waals surface area contributed by atoms with Crippen LogP contribution in [-0.2, 0) is 0 Å². The molecule has 2 rings (SSSR count). The highest BCUT2D eigenvalue weighted by molar-refractivity contribution is 4.88. The van der Waals surface area contributed by atoms with Gasteiger partial charge in [0.25, 0.3) is 0 Å². The van der Waals surface area contributed by atoms with Crippen LogP contribution in [0.4, 0.5) is 0 Å². The van der Waals surface area contributed by atoms with E-state index < -0.39 is 0 Å². The number of nitrogens with zero attached hydrogens (tertiary/aromatic N) is 1. The lowest BCUT2D eigenvalue weighted by Gasteiger charge is -2.34. The quantitative estimate of drug-likeness (QED) is 0.693. The zero-order valence-electron chi connectivity index (χ0n) is 9.58. The van der Waals surface area contributed by atoms with Crippen LogP contribution >= 0.6 is 0 Å². The molecule has 2 N–H and O–H groups in total. The summed E-state index contributed by atoms with van der Waals surface area (Å²) in [5.41, 5.74) is 6.04. The fourth-order valence-corrected chi connectivity index (χ4v) is 3.00. The van der Waals surface area contributed by atoms with Gasteiger partial charge in [0.2, 0.25) is 0 Å². The lowest BCUT2D eigenvalue weighted by molar-refractivity contribution is 0.173. The minimum atomic E-state index is 0.472. The maximum absolute atomic E-state index is 6.04. The van der Waals surface area contributed by atoms with E-state index in [9.17, 15) is 0 Å². The summed E-state index contributed by atoms with van der Waals surface area (Å²) in [6, 6.07) is 1.27. The third kappa shape index (κ3) is 2.12. The van der Waals surface area contributed by atoms with Crippen molar-refractivity contribution in [2.75, 3.05) is 13.1 Å². The molecule has 0 aromatic heterocycles. The Morgan fingerprint density at radius 2 is 1.71 bits per heavy atom. The van der Waals surface area contributed by atoms with Gasteiger partial charge >= 0.3 is 0 Å². The van der Waals surface area contributed by atoms with Crippen LogP contribution in [0.15, 0.2) is 0 Å². The van der Waals surface area contributed by atoms with E-state index in [-0.39, 0.29) is 0 Å². The first-order valence-corrected chi connectivity index (χ1v) is 6.16. The second kappa shape index (κ2) is 4.19. The first kappa shape index (κ1) is 10.4. The molecule has 0 radical (unpaired) electrons. The predicted molar refractivity (Wildman–Crippen MR) is 60.1 cm³/mol. The van der Waals surface area contributed by atoms with Gasteiger partial charge < -0.3 is 5.73 Å². The summed E-state index contributed by atoms with van der Waals surface area (Å²) in [7, 11) is 0. The van der Waals surface area contributed by atoms with Gasteiger partial charge in [0.1, 0.15) is 0 Å². The molecule has 0 aromatic rings. The lowest BCUT2D eigenvalue weighted by atomic mass is 9.91. The normalized spacial score (nSPS) is 45.6. The molecule has 1 heterocycles. The molecule has 2 nitrogen and oxygen atoms in total. The monoisotopic (exact) mass is 196 g/mol. The Morgan fingerprint density at radius 1 is 1.07 bits per heavy atom. The van der Waals surface area contributed by atoms with E-state index in [0.29, 0.717) is 6.04 Å². The Kier molecular flexibility index (Phi) is 3.13. The van der Waals surface area contributed by atoms with Crippen molar-refractivity contribution >= 4 is 0 Å². The third-order valence-corrected chi connectivity index (χ3v) is 4.22. The number of hydrogen-bond acceptors (Lipinski definition) is 2. The van der Waals surface area contributed by atoms with E-state index in [1.54, 1.807) is 0 Å². The molecule has 82 valence electrons. The van der Waals surface area contributed by atoms with Crippen molar-refractivity contribution < 1.29 is 0 Å². The van der Waals surface area contributed by atoms with Gasteiger partial charge in [0, 0.05) is 25.2 Å². The number of rotatable bonds is 1. The van der Waals surface area contributed by atoms with Gasteiger partial charge in [-0.1, -0.05) is 20.3 Å². The Bertz CT molecular complexity index is 180. The Hall–Kier alpha value is -0.0800. The second-order valence-electron chi connectivity index (χ2n) is 5.49. The Labute approximate surface area is 87.8 Å². The molecule has 14 heavy (non-hydrogen) atoms. The van der Waals surface area contributed by atoms with Gasteiger partial charge in [-0.3, -0.25) is 4.90 Å². The highest BCUT2D eigenvalue weighted by Gasteiger charge is 2.32. The second-order valence-corrected chi connectivity index (χ2v) is 5.49. The molecule has 1 saturated heterocycles. The zero-order valence-corrected chi connectivity index (χ0v) is 9.58. The molecule has 0 spiro atoms. The van der Waals surface area contributed by atoms with Crippen LogP contribution in [-0.4, -0.2) is 30.1 Å². The van der Waals surface area contributed by atoms with Gasteiger partial charge in [-0.25, -0.2) is 0 Å². The van der Waals surface area contributed by atoms with Crippen molar-refractivity contribution in [2.24, 2.45) is 17.6 Å². The maximum atomic E-state index is 6.04. The van der Waals surface area contributed by atoms with Crippen LogP contribution in [0.2, 0.25) is 0 Å². The summed E-state index contributed by atoms with van der Waals surface area (Å²) in [6.45, 7) is 7.37. The molecule has 4 unspecified atom stereocenters. The van der Waals surface area contributed by atoms with E-state index in [0.717, 1.165) is 17.9 Å². The van der Waals surface area contributed by atoms with Crippen molar-refractivity contribution in [3.05, 3.63) is 0 Å². The first-order valence-electron chi connectivity index (χ1n) is 6.16. The highest BCUT2D eigenvalue weighted by Crippen LogP contribution is 2.29. The largest absolute Gasteiger partial charge is 0.328 e. The van der Waals surface area contributed by atoms with Crippen molar-refractivity contribution in [1.29, 1.82) is 0 Å². The molecule has 2 heteroatoms. The Balaban J connectivity index is 1.89. The van der Waals surface area contributed by atoms with Gasteiger partial charge in [0.15, 0.2) is 0 Å². The fraction of sp³-hybridized carbons (Fsp3) is 1.00. The summed E-state index contributed by atoms with van der Waals surface area (Å²) in [4.78, 5) is 2.69. The summed E-state index contributed by atoms with van der Waals surface area (Å²) >= 11 is 0. The van der Waals surface area contributed by atoms with E-state index in [4.69, 9.17) is 5.73 Å². The molecule has 1 aliphatic heterocycles. The summed E-state index contributed by atoms with van der Waals surface area (Å²) in [5.74, 6) is 1.77. The van der Waals surface area contributed by atoms with Gasteiger partial charge in [-0.2, -0.15) is 0 Å². The van der Waals surface area contributed by atoms with Gasteiger partial charge in [-0.15, -0.1) is 0 Å². The summed E-state index contributed by atoms with van der Waals surface area (Å²) in [5, 5.41) is 0. The predicted octanol–water partition coefficient (Wildman–Crippen LogP) is 1.84. The lowest BCUT2D eigenvalue weighted by Crippen LogP contribution is -2.41. The minimum absolute atomic E-state index is 0.472. The van der Waals surface area contributed by atoms with Gasteiger partial charge in [0.05, 0.1) is 0 Å². The van der Waals surface area contributed by atoms with E-state index in [2.05, 4.69) is 18.7 Å². The molecular weight excluding hydrogens is 172 g/mol. The van der Waals surface area contributed by atoms with Crippen LogP contribution in [0.3, 0.4) is 0 Å². The van der Waals surface area contributed by atoms with Crippen molar-refractivity contribution in [2.45, 2.75) is 51.6 Å². The molecular formula is C12H24N2. The number of likely N-dealkylation sites (tertiary alicyclic amines) is 1. The average molecular weight is 196 g/mol. The maximum Gasteiger partial charge on any atom is 0.0110 e. The molecule has 1 aliphatic carbocycles. The number of hydrogen-bond donors (Lipinski definition) is 1.